The molecule has 0 aromatic carbocycles. The Labute approximate surface area is 115 Å². The van der Waals surface area contributed by atoms with Crippen molar-refractivity contribution < 1.29 is 0 Å². The second kappa shape index (κ2) is 7.49. The number of piperidine rings is 1. The quantitative estimate of drug-likeness (QED) is 0.749. The summed E-state index contributed by atoms with van der Waals surface area (Å²) in [5.74, 6) is 1.67. The van der Waals surface area contributed by atoms with Gasteiger partial charge in [-0.2, -0.15) is 0 Å². The fourth-order valence-corrected chi connectivity index (χ4v) is 3.10. The van der Waals surface area contributed by atoms with Crippen molar-refractivity contribution in [3.63, 3.8) is 0 Å². The van der Waals surface area contributed by atoms with Gasteiger partial charge in [0.05, 0.1) is 0 Å². The molecule has 1 aliphatic rings. The molecule has 0 radical (unpaired) electrons. The van der Waals surface area contributed by atoms with E-state index in [2.05, 4.69) is 44.8 Å². The Balaban J connectivity index is 2.49. The largest absolute Gasteiger partial charge is 0.316 e. The van der Waals surface area contributed by atoms with Gasteiger partial charge in [0.1, 0.15) is 0 Å². The van der Waals surface area contributed by atoms with Crippen LogP contribution in [-0.4, -0.2) is 37.6 Å². The maximum atomic E-state index is 3.57. The first kappa shape index (κ1) is 16.0. The van der Waals surface area contributed by atoms with Gasteiger partial charge in [-0.25, -0.2) is 0 Å². The summed E-state index contributed by atoms with van der Waals surface area (Å²) in [6.45, 7) is 18.0. The van der Waals surface area contributed by atoms with E-state index in [1.165, 1.54) is 52.0 Å². The standard InChI is InChI=1S/C16H34N2/c1-6-14(3)12-18(7-2)13-16(4,5)15-9-8-10-17-11-15/h14-15,17H,6-13H2,1-5H3. The van der Waals surface area contributed by atoms with Crippen molar-refractivity contribution in [2.45, 2.75) is 53.9 Å². The van der Waals surface area contributed by atoms with Gasteiger partial charge in [0.15, 0.2) is 0 Å². The second-order valence-electron chi connectivity index (χ2n) is 6.87. The van der Waals surface area contributed by atoms with Gasteiger partial charge in [-0.1, -0.05) is 41.0 Å². The summed E-state index contributed by atoms with van der Waals surface area (Å²) < 4.78 is 0. The lowest BCUT2D eigenvalue weighted by Gasteiger charge is -2.41. The first-order chi connectivity index (χ1) is 8.49. The van der Waals surface area contributed by atoms with Crippen LogP contribution >= 0.6 is 0 Å². The van der Waals surface area contributed by atoms with Gasteiger partial charge >= 0.3 is 0 Å². The number of nitrogens with one attached hydrogen (secondary N) is 1. The van der Waals surface area contributed by atoms with Gasteiger partial charge in [0, 0.05) is 13.1 Å². The lowest BCUT2D eigenvalue weighted by atomic mass is 9.74. The highest BCUT2D eigenvalue weighted by molar-refractivity contribution is 4.85. The normalized spacial score (nSPS) is 23.3. The number of hydrogen-bond donors (Lipinski definition) is 1. The molecule has 0 spiro atoms. The average molecular weight is 254 g/mol. The molecule has 2 nitrogen and oxygen atoms in total. The van der Waals surface area contributed by atoms with Crippen LogP contribution in [0.25, 0.3) is 0 Å². The van der Waals surface area contributed by atoms with Crippen molar-refractivity contribution >= 4 is 0 Å². The molecule has 2 heteroatoms. The highest BCUT2D eigenvalue weighted by atomic mass is 15.1. The van der Waals surface area contributed by atoms with Crippen molar-refractivity contribution in [1.82, 2.24) is 10.2 Å². The smallest absolute Gasteiger partial charge is 0.00358 e. The van der Waals surface area contributed by atoms with E-state index in [-0.39, 0.29) is 0 Å². The van der Waals surface area contributed by atoms with Crippen molar-refractivity contribution in [3.8, 4) is 0 Å². The minimum absolute atomic E-state index is 0.441. The third kappa shape index (κ3) is 4.89. The van der Waals surface area contributed by atoms with Gasteiger partial charge in [-0.3, -0.25) is 0 Å². The average Bonchev–Trinajstić information content (AvgIpc) is 2.38. The topological polar surface area (TPSA) is 15.3 Å². The Morgan fingerprint density at radius 1 is 1.33 bits per heavy atom. The predicted molar refractivity (Wildman–Crippen MR) is 80.9 cm³/mol. The summed E-state index contributed by atoms with van der Waals surface area (Å²) in [5, 5.41) is 3.57. The van der Waals surface area contributed by atoms with Crippen molar-refractivity contribution in [1.29, 1.82) is 0 Å². The molecule has 2 atom stereocenters. The van der Waals surface area contributed by atoms with E-state index >= 15 is 0 Å². The van der Waals surface area contributed by atoms with Crippen molar-refractivity contribution in [3.05, 3.63) is 0 Å². The Morgan fingerprint density at radius 3 is 2.56 bits per heavy atom. The van der Waals surface area contributed by atoms with Gasteiger partial charge in [0.2, 0.25) is 0 Å². The van der Waals surface area contributed by atoms with Crippen LogP contribution in [0.15, 0.2) is 0 Å². The van der Waals surface area contributed by atoms with Gasteiger partial charge in [-0.05, 0) is 49.7 Å². The van der Waals surface area contributed by atoms with E-state index in [1.807, 2.05) is 0 Å². The molecule has 18 heavy (non-hydrogen) atoms. The highest BCUT2D eigenvalue weighted by Crippen LogP contribution is 2.32. The van der Waals surface area contributed by atoms with Crippen molar-refractivity contribution in [2.75, 3.05) is 32.7 Å². The molecule has 1 rings (SSSR count). The van der Waals surface area contributed by atoms with Crippen molar-refractivity contribution in [2.24, 2.45) is 17.3 Å². The molecule has 0 amide bonds. The molecule has 1 heterocycles. The minimum atomic E-state index is 0.441. The monoisotopic (exact) mass is 254 g/mol. The molecule has 0 aliphatic carbocycles. The summed E-state index contributed by atoms with van der Waals surface area (Å²) >= 11 is 0. The second-order valence-corrected chi connectivity index (χ2v) is 6.87. The molecule has 1 N–H and O–H groups in total. The fraction of sp³-hybridized carbons (Fsp3) is 1.00. The first-order valence-electron chi connectivity index (χ1n) is 7.92. The van der Waals surface area contributed by atoms with Gasteiger partial charge in [-0.15, -0.1) is 0 Å². The number of hydrogen-bond acceptors (Lipinski definition) is 2. The summed E-state index contributed by atoms with van der Waals surface area (Å²) in [6.07, 6.45) is 4.05. The number of nitrogens with zero attached hydrogens (tertiary/aromatic N) is 1. The maximum absolute atomic E-state index is 3.57. The zero-order valence-corrected chi connectivity index (χ0v) is 13.3. The highest BCUT2D eigenvalue weighted by Gasteiger charge is 2.32. The lowest BCUT2D eigenvalue weighted by molar-refractivity contribution is 0.0946. The van der Waals surface area contributed by atoms with Crippen LogP contribution < -0.4 is 5.32 Å². The SMILES string of the molecule is CCC(C)CN(CC)CC(C)(C)C1CCCNC1. The molecular weight excluding hydrogens is 220 g/mol. The van der Waals surface area contributed by atoms with E-state index in [0.717, 1.165) is 11.8 Å². The third-order valence-corrected chi connectivity index (χ3v) is 4.75. The Kier molecular flexibility index (Phi) is 6.65. The molecule has 1 fully saturated rings. The molecular formula is C16H34N2. The Morgan fingerprint density at radius 2 is 2.06 bits per heavy atom. The first-order valence-corrected chi connectivity index (χ1v) is 7.92. The zero-order chi connectivity index (χ0) is 13.6. The molecule has 1 saturated heterocycles. The summed E-state index contributed by atoms with van der Waals surface area (Å²) in [4.78, 5) is 2.66. The lowest BCUT2D eigenvalue weighted by Crippen LogP contribution is -2.45. The summed E-state index contributed by atoms with van der Waals surface area (Å²) in [7, 11) is 0. The zero-order valence-electron chi connectivity index (χ0n) is 13.3. The molecule has 0 aromatic rings. The van der Waals surface area contributed by atoms with Crippen LogP contribution in [0.3, 0.4) is 0 Å². The fourth-order valence-electron chi connectivity index (χ4n) is 3.10. The Bertz CT molecular complexity index is 219. The molecule has 0 bridgehead atoms. The van der Waals surface area contributed by atoms with Crippen LogP contribution in [0.5, 0.6) is 0 Å². The van der Waals surface area contributed by atoms with Crippen LogP contribution in [0.2, 0.25) is 0 Å². The van der Waals surface area contributed by atoms with E-state index in [0.29, 0.717) is 5.41 Å². The molecule has 0 aromatic heterocycles. The molecule has 1 aliphatic heterocycles. The van der Waals surface area contributed by atoms with Crippen LogP contribution in [0.4, 0.5) is 0 Å². The van der Waals surface area contributed by atoms with Crippen LogP contribution in [0, 0.1) is 17.3 Å². The maximum Gasteiger partial charge on any atom is 0.00358 e. The summed E-state index contributed by atoms with van der Waals surface area (Å²) in [6, 6.07) is 0. The molecule has 108 valence electrons. The minimum Gasteiger partial charge on any atom is -0.316 e. The molecule has 2 unspecified atom stereocenters. The van der Waals surface area contributed by atoms with Crippen LogP contribution in [-0.2, 0) is 0 Å². The van der Waals surface area contributed by atoms with E-state index in [9.17, 15) is 0 Å². The van der Waals surface area contributed by atoms with E-state index in [4.69, 9.17) is 0 Å². The van der Waals surface area contributed by atoms with Gasteiger partial charge < -0.3 is 10.2 Å². The van der Waals surface area contributed by atoms with Crippen LogP contribution in [0.1, 0.15) is 53.9 Å². The molecule has 0 saturated carbocycles. The van der Waals surface area contributed by atoms with E-state index in [1.54, 1.807) is 0 Å². The third-order valence-electron chi connectivity index (χ3n) is 4.75. The predicted octanol–water partition coefficient (Wildman–Crippen LogP) is 3.38. The summed E-state index contributed by atoms with van der Waals surface area (Å²) in [5.41, 5.74) is 0.441. The number of rotatable bonds is 7. The Hall–Kier alpha value is -0.0800. The van der Waals surface area contributed by atoms with E-state index < -0.39 is 0 Å². The van der Waals surface area contributed by atoms with Gasteiger partial charge in [0.25, 0.3) is 0 Å².